The highest BCUT2D eigenvalue weighted by Crippen LogP contribution is 2.30. The first-order chi connectivity index (χ1) is 18.1. The van der Waals surface area contributed by atoms with E-state index in [-0.39, 0.29) is 55.5 Å². The summed E-state index contributed by atoms with van der Waals surface area (Å²) >= 11 is 6.00. The molecule has 1 heterocycles. The van der Waals surface area contributed by atoms with Gasteiger partial charge in [0.25, 0.3) is 0 Å². The number of Topliss-reactive ketones (excluding diaryl/α,β-unsaturated/α-hetero) is 1. The van der Waals surface area contributed by atoms with Gasteiger partial charge in [-0.25, -0.2) is 18.6 Å². The normalized spacial score (nSPS) is 12.6. The number of pyridine rings is 1. The van der Waals surface area contributed by atoms with E-state index in [1.165, 1.54) is 36.5 Å². The van der Waals surface area contributed by atoms with Gasteiger partial charge in [-0.15, -0.1) is 0 Å². The molecule has 3 aromatic rings. The number of hydrogen-bond donors (Lipinski definition) is 3. The average molecular weight is 548 g/mol. The van der Waals surface area contributed by atoms with Crippen LogP contribution in [0.3, 0.4) is 0 Å². The van der Waals surface area contributed by atoms with Crippen LogP contribution in [0.15, 0.2) is 48.7 Å². The minimum Gasteiger partial charge on any atom is -0.449 e. The van der Waals surface area contributed by atoms with Crippen molar-refractivity contribution >= 4 is 46.0 Å². The van der Waals surface area contributed by atoms with Crippen molar-refractivity contribution in [2.24, 2.45) is 5.41 Å². The van der Waals surface area contributed by atoms with Crippen molar-refractivity contribution in [1.82, 2.24) is 10.3 Å². The topological polar surface area (TPSA) is 118 Å². The number of carbonyl (C=O) groups excluding carboxylic acids is 3. The lowest BCUT2D eigenvalue weighted by molar-refractivity contribution is -0.130. The number of hydrogen-bond acceptors (Lipinski definition) is 6. The maximum absolute atomic E-state index is 13.8. The fourth-order valence-corrected chi connectivity index (χ4v) is 4.14. The van der Waals surface area contributed by atoms with E-state index < -0.39 is 35.7 Å². The van der Waals surface area contributed by atoms with Crippen molar-refractivity contribution < 1.29 is 33.0 Å². The molecule has 3 N–H and O–H groups in total. The van der Waals surface area contributed by atoms with Crippen LogP contribution >= 0.6 is 11.6 Å². The first kappa shape index (κ1) is 28.9. The third kappa shape index (κ3) is 7.93. The van der Waals surface area contributed by atoms with E-state index in [4.69, 9.17) is 21.4 Å². The number of benzene rings is 2. The molecule has 2 amide bonds. The van der Waals surface area contributed by atoms with Gasteiger partial charge in [-0.05, 0) is 60.5 Å². The van der Waals surface area contributed by atoms with Gasteiger partial charge >= 0.3 is 6.09 Å². The fourth-order valence-electron chi connectivity index (χ4n) is 3.92. The number of aliphatic hydroxyl groups excluding tert-OH is 1. The maximum atomic E-state index is 13.8. The second-order valence-electron chi connectivity index (χ2n) is 9.03. The van der Waals surface area contributed by atoms with Crippen LogP contribution in [-0.2, 0) is 20.7 Å². The molecule has 1 atom stereocenters. The number of aliphatic hydroxyl groups is 1. The molecule has 0 saturated heterocycles. The molecule has 0 aliphatic carbocycles. The Kier molecular flexibility index (Phi) is 10.1. The smallest absolute Gasteiger partial charge is 0.412 e. The molecule has 0 aliphatic rings. The zero-order valence-electron chi connectivity index (χ0n) is 20.7. The quantitative estimate of drug-likeness (QED) is 0.299. The van der Waals surface area contributed by atoms with E-state index in [0.29, 0.717) is 16.3 Å². The van der Waals surface area contributed by atoms with Crippen molar-refractivity contribution in [1.29, 1.82) is 0 Å². The molecule has 0 bridgehead atoms. The summed E-state index contributed by atoms with van der Waals surface area (Å²) in [6.07, 6.45) is 1.31. The van der Waals surface area contributed by atoms with Gasteiger partial charge in [-0.2, -0.15) is 0 Å². The van der Waals surface area contributed by atoms with Crippen LogP contribution in [0.1, 0.15) is 31.7 Å². The summed E-state index contributed by atoms with van der Waals surface area (Å²) in [7, 11) is 0. The molecular formula is C27H28ClF2N3O5. The highest BCUT2D eigenvalue weighted by molar-refractivity contribution is 6.31. The van der Waals surface area contributed by atoms with E-state index in [1.54, 1.807) is 19.1 Å². The van der Waals surface area contributed by atoms with E-state index in [1.807, 2.05) is 0 Å². The van der Waals surface area contributed by atoms with Crippen molar-refractivity contribution in [2.75, 3.05) is 25.1 Å². The van der Waals surface area contributed by atoms with Gasteiger partial charge in [-0.3, -0.25) is 14.9 Å². The minimum atomic E-state index is -0.998. The summed E-state index contributed by atoms with van der Waals surface area (Å²) in [5.74, 6) is -1.58. The van der Waals surface area contributed by atoms with E-state index in [9.17, 15) is 23.2 Å². The predicted octanol–water partition coefficient (Wildman–Crippen LogP) is 4.81. The molecule has 1 aromatic heterocycles. The van der Waals surface area contributed by atoms with Gasteiger partial charge in [-0.1, -0.05) is 30.7 Å². The Morgan fingerprint density at radius 1 is 1.11 bits per heavy atom. The van der Waals surface area contributed by atoms with Crippen molar-refractivity contribution in [3.63, 3.8) is 0 Å². The number of anilines is 1. The third-order valence-corrected chi connectivity index (χ3v) is 6.69. The largest absolute Gasteiger partial charge is 0.449 e. The monoisotopic (exact) mass is 547 g/mol. The SMILES string of the molecule is CC(CCNC(=O)CO)(CCOC(=O)Nc1cc2cc(F)ccc2cn1)C(=O)CCc1cccc(F)c1Cl. The summed E-state index contributed by atoms with van der Waals surface area (Å²) in [4.78, 5) is 41.1. The summed E-state index contributed by atoms with van der Waals surface area (Å²) < 4.78 is 32.5. The van der Waals surface area contributed by atoms with Gasteiger partial charge in [0.15, 0.2) is 0 Å². The van der Waals surface area contributed by atoms with Crippen LogP contribution in [0, 0.1) is 17.0 Å². The Hall–Kier alpha value is -3.63. The molecule has 0 radical (unpaired) electrons. The Labute approximate surface area is 223 Å². The molecule has 0 fully saturated rings. The summed E-state index contributed by atoms with van der Waals surface area (Å²) in [6.45, 7) is 1.01. The van der Waals surface area contributed by atoms with Gasteiger partial charge in [0.2, 0.25) is 5.91 Å². The molecule has 1 unspecified atom stereocenters. The number of nitrogens with zero attached hydrogens (tertiary/aromatic N) is 1. The summed E-state index contributed by atoms with van der Waals surface area (Å²) in [6, 6.07) is 10.1. The maximum Gasteiger partial charge on any atom is 0.412 e. The van der Waals surface area contributed by atoms with Crippen molar-refractivity contribution in [3.8, 4) is 0 Å². The Morgan fingerprint density at radius 3 is 2.66 bits per heavy atom. The number of aromatic nitrogens is 1. The van der Waals surface area contributed by atoms with Gasteiger partial charge in [0.05, 0.1) is 11.6 Å². The van der Waals surface area contributed by atoms with E-state index in [2.05, 4.69) is 15.6 Å². The number of amides is 2. The Bertz CT molecular complexity index is 1320. The molecule has 8 nitrogen and oxygen atoms in total. The van der Waals surface area contributed by atoms with E-state index >= 15 is 0 Å². The van der Waals surface area contributed by atoms with Gasteiger partial charge in [0.1, 0.15) is 29.8 Å². The fraction of sp³-hybridized carbons (Fsp3) is 0.333. The van der Waals surface area contributed by atoms with Crippen LogP contribution in [0.25, 0.3) is 10.8 Å². The van der Waals surface area contributed by atoms with Crippen LogP contribution in [0.4, 0.5) is 19.4 Å². The Balaban J connectivity index is 1.60. The number of aryl methyl sites for hydroxylation is 1. The van der Waals surface area contributed by atoms with Crippen LogP contribution in [0.5, 0.6) is 0 Å². The number of rotatable bonds is 12. The summed E-state index contributed by atoms with van der Waals surface area (Å²) in [5.41, 5.74) is -0.504. The standard InChI is InChI=1S/C27H28ClF2N3O5/c1-27(9-11-31-24(36)16-34,22(35)8-6-17-3-2-4-21(30)25(17)28)10-12-38-26(37)33-23-14-19-13-20(29)7-5-18(19)15-32-23/h2-5,7,13-15,34H,6,8-12,16H2,1H3,(H,31,36)(H,32,33,37). The zero-order chi connectivity index (χ0) is 27.7. The average Bonchev–Trinajstić information content (AvgIpc) is 2.88. The molecule has 38 heavy (non-hydrogen) atoms. The molecule has 2 aromatic carbocycles. The molecule has 202 valence electrons. The Morgan fingerprint density at radius 2 is 1.89 bits per heavy atom. The first-order valence-corrected chi connectivity index (χ1v) is 12.3. The van der Waals surface area contributed by atoms with Crippen molar-refractivity contribution in [3.05, 3.63) is 70.9 Å². The second-order valence-corrected chi connectivity index (χ2v) is 9.40. The minimum absolute atomic E-state index is 0.0396. The van der Waals surface area contributed by atoms with Crippen molar-refractivity contribution in [2.45, 2.75) is 32.6 Å². The number of ketones is 1. The lowest BCUT2D eigenvalue weighted by atomic mass is 9.77. The van der Waals surface area contributed by atoms with Gasteiger partial charge < -0.3 is 15.2 Å². The van der Waals surface area contributed by atoms with Crippen LogP contribution < -0.4 is 10.6 Å². The number of nitrogens with one attached hydrogen (secondary N) is 2. The molecule has 11 heteroatoms. The number of carbonyl (C=O) groups is 3. The second kappa shape index (κ2) is 13.3. The highest BCUT2D eigenvalue weighted by Gasteiger charge is 2.32. The van der Waals surface area contributed by atoms with E-state index in [0.717, 1.165) is 0 Å². The zero-order valence-corrected chi connectivity index (χ0v) is 21.5. The lowest BCUT2D eigenvalue weighted by Gasteiger charge is -2.28. The molecule has 0 saturated carbocycles. The van der Waals surface area contributed by atoms with Gasteiger partial charge in [0, 0.05) is 30.0 Å². The number of ether oxygens (including phenoxy) is 1. The summed E-state index contributed by atoms with van der Waals surface area (Å²) in [5, 5.41) is 15.1. The molecular weight excluding hydrogens is 520 g/mol. The highest BCUT2D eigenvalue weighted by atomic mass is 35.5. The van der Waals surface area contributed by atoms with Crippen LogP contribution in [0.2, 0.25) is 5.02 Å². The lowest BCUT2D eigenvalue weighted by Crippen LogP contribution is -2.36. The molecule has 3 rings (SSSR count). The number of halogens is 3. The number of fused-ring (bicyclic) bond motifs is 1. The first-order valence-electron chi connectivity index (χ1n) is 11.9. The molecule has 0 spiro atoms. The molecule has 0 aliphatic heterocycles. The van der Waals surface area contributed by atoms with Crippen LogP contribution in [-0.4, -0.2) is 47.6 Å². The predicted molar refractivity (Wildman–Crippen MR) is 139 cm³/mol. The third-order valence-electron chi connectivity index (χ3n) is 6.27.